The Balaban J connectivity index is 1.35. The van der Waals surface area contributed by atoms with Gasteiger partial charge in [0.25, 0.3) is 5.78 Å². The van der Waals surface area contributed by atoms with Crippen molar-refractivity contribution in [3.63, 3.8) is 0 Å². The SMILES string of the molecule is Cc1cc(C)n2c(SCC(=O)N3CCN(c4cccc(Cl)c4)CC3)nnc2n1. The fraction of sp³-hybridized carbons (Fsp3) is 0.368. The highest BCUT2D eigenvalue weighted by atomic mass is 35.5. The maximum absolute atomic E-state index is 12.7. The van der Waals surface area contributed by atoms with Crippen LogP contribution in [0.25, 0.3) is 5.78 Å². The number of amides is 1. The zero-order valence-electron chi connectivity index (χ0n) is 15.8. The van der Waals surface area contributed by atoms with Crippen molar-refractivity contribution in [2.75, 3.05) is 36.8 Å². The number of hydrogen-bond acceptors (Lipinski definition) is 6. The largest absolute Gasteiger partial charge is 0.368 e. The van der Waals surface area contributed by atoms with Crippen LogP contribution >= 0.6 is 23.4 Å². The number of fused-ring (bicyclic) bond motifs is 1. The molecule has 3 heterocycles. The number of carbonyl (C=O) groups excluding carboxylic acids is 1. The van der Waals surface area contributed by atoms with Crippen molar-refractivity contribution >= 4 is 40.7 Å². The first-order valence-corrected chi connectivity index (χ1v) is 10.5. The summed E-state index contributed by atoms with van der Waals surface area (Å²) in [6, 6.07) is 9.82. The maximum Gasteiger partial charge on any atom is 0.256 e. The molecule has 1 saturated heterocycles. The maximum atomic E-state index is 12.7. The molecule has 0 spiro atoms. The number of hydrogen-bond donors (Lipinski definition) is 0. The number of aromatic nitrogens is 4. The number of anilines is 1. The quantitative estimate of drug-likeness (QED) is 0.609. The molecule has 2 aromatic heterocycles. The average molecular weight is 417 g/mol. The van der Waals surface area contributed by atoms with Crippen LogP contribution in [0.15, 0.2) is 35.5 Å². The second-order valence-corrected chi connectivity index (χ2v) is 8.17. The molecule has 0 saturated carbocycles. The third-order valence-corrected chi connectivity index (χ3v) is 5.94. The van der Waals surface area contributed by atoms with E-state index < -0.39 is 0 Å². The summed E-state index contributed by atoms with van der Waals surface area (Å²) in [6.07, 6.45) is 0. The topological polar surface area (TPSA) is 66.6 Å². The highest BCUT2D eigenvalue weighted by Crippen LogP contribution is 2.22. The minimum atomic E-state index is 0.116. The van der Waals surface area contributed by atoms with Gasteiger partial charge in [-0.15, -0.1) is 10.2 Å². The van der Waals surface area contributed by atoms with E-state index in [0.717, 1.165) is 35.2 Å². The van der Waals surface area contributed by atoms with Gasteiger partial charge >= 0.3 is 0 Å². The van der Waals surface area contributed by atoms with Crippen molar-refractivity contribution < 1.29 is 4.79 Å². The molecule has 28 heavy (non-hydrogen) atoms. The van der Waals surface area contributed by atoms with E-state index in [2.05, 4.69) is 20.1 Å². The summed E-state index contributed by atoms with van der Waals surface area (Å²) in [5.41, 5.74) is 3.02. The number of carbonyl (C=O) groups is 1. The van der Waals surface area contributed by atoms with Gasteiger partial charge in [0.05, 0.1) is 5.75 Å². The van der Waals surface area contributed by atoms with E-state index in [0.29, 0.717) is 29.8 Å². The Hall–Kier alpha value is -2.32. The van der Waals surface area contributed by atoms with Crippen molar-refractivity contribution in [3.05, 3.63) is 46.7 Å². The van der Waals surface area contributed by atoms with Crippen LogP contribution in [0.1, 0.15) is 11.4 Å². The van der Waals surface area contributed by atoms with Crippen molar-refractivity contribution in [2.24, 2.45) is 0 Å². The van der Waals surface area contributed by atoms with Crippen LogP contribution in [0.5, 0.6) is 0 Å². The Labute approximate surface area is 172 Å². The van der Waals surface area contributed by atoms with E-state index in [1.807, 2.05) is 53.5 Å². The van der Waals surface area contributed by atoms with Gasteiger partial charge in [-0.1, -0.05) is 29.4 Å². The van der Waals surface area contributed by atoms with Gasteiger partial charge in [0.1, 0.15) is 0 Å². The predicted molar refractivity (Wildman–Crippen MR) is 111 cm³/mol. The van der Waals surface area contributed by atoms with Crippen molar-refractivity contribution in [3.8, 4) is 0 Å². The fourth-order valence-electron chi connectivity index (χ4n) is 3.40. The van der Waals surface area contributed by atoms with Crippen LogP contribution in [0.2, 0.25) is 5.02 Å². The Kier molecular flexibility index (Phi) is 5.41. The highest BCUT2D eigenvalue weighted by molar-refractivity contribution is 7.99. The summed E-state index contributed by atoms with van der Waals surface area (Å²) in [7, 11) is 0. The average Bonchev–Trinajstić information content (AvgIpc) is 3.09. The molecule has 9 heteroatoms. The Morgan fingerprint density at radius 3 is 2.68 bits per heavy atom. The smallest absolute Gasteiger partial charge is 0.256 e. The lowest BCUT2D eigenvalue weighted by atomic mass is 10.2. The fourth-order valence-corrected chi connectivity index (χ4v) is 4.47. The van der Waals surface area contributed by atoms with Crippen LogP contribution in [-0.4, -0.2) is 62.3 Å². The molecule has 1 aliphatic rings. The molecule has 1 aliphatic heterocycles. The number of aryl methyl sites for hydroxylation is 2. The van der Waals surface area contributed by atoms with Gasteiger partial charge in [-0.2, -0.15) is 0 Å². The lowest BCUT2D eigenvalue weighted by Crippen LogP contribution is -2.49. The third-order valence-electron chi connectivity index (χ3n) is 4.79. The molecule has 1 aromatic carbocycles. The molecule has 0 atom stereocenters. The monoisotopic (exact) mass is 416 g/mol. The molecule has 1 fully saturated rings. The zero-order valence-corrected chi connectivity index (χ0v) is 17.4. The molecule has 3 aromatic rings. The van der Waals surface area contributed by atoms with Crippen molar-refractivity contribution in [1.29, 1.82) is 0 Å². The van der Waals surface area contributed by atoms with Gasteiger partial charge < -0.3 is 9.80 Å². The number of rotatable bonds is 4. The molecule has 0 bridgehead atoms. The number of halogens is 1. The summed E-state index contributed by atoms with van der Waals surface area (Å²) >= 11 is 7.49. The van der Waals surface area contributed by atoms with Crippen LogP contribution < -0.4 is 4.90 Å². The first-order valence-electron chi connectivity index (χ1n) is 9.12. The van der Waals surface area contributed by atoms with Crippen LogP contribution in [-0.2, 0) is 4.79 Å². The van der Waals surface area contributed by atoms with Gasteiger partial charge in [-0.3, -0.25) is 9.20 Å². The molecular weight excluding hydrogens is 396 g/mol. The van der Waals surface area contributed by atoms with Crippen LogP contribution in [0.4, 0.5) is 5.69 Å². The molecule has 146 valence electrons. The number of nitrogens with zero attached hydrogens (tertiary/aromatic N) is 6. The lowest BCUT2D eigenvalue weighted by Gasteiger charge is -2.36. The van der Waals surface area contributed by atoms with E-state index in [1.54, 1.807) is 0 Å². The summed E-state index contributed by atoms with van der Waals surface area (Å²) < 4.78 is 1.89. The zero-order chi connectivity index (χ0) is 19.7. The Bertz CT molecular complexity index is 1010. The second-order valence-electron chi connectivity index (χ2n) is 6.79. The minimum absolute atomic E-state index is 0.116. The second kappa shape index (κ2) is 7.97. The number of benzene rings is 1. The summed E-state index contributed by atoms with van der Waals surface area (Å²) in [5.74, 6) is 1.03. The van der Waals surface area contributed by atoms with Gasteiger partial charge in [-0.05, 0) is 38.1 Å². The first-order chi connectivity index (χ1) is 13.5. The predicted octanol–water partition coefficient (Wildman–Crippen LogP) is 2.84. The summed E-state index contributed by atoms with van der Waals surface area (Å²) in [4.78, 5) is 21.2. The van der Waals surface area contributed by atoms with E-state index in [4.69, 9.17) is 11.6 Å². The Morgan fingerprint density at radius 1 is 1.14 bits per heavy atom. The molecule has 0 N–H and O–H groups in total. The van der Waals surface area contributed by atoms with Crippen molar-refractivity contribution in [2.45, 2.75) is 19.0 Å². The van der Waals surface area contributed by atoms with Crippen LogP contribution in [0.3, 0.4) is 0 Å². The highest BCUT2D eigenvalue weighted by Gasteiger charge is 2.22. The first kappa shape index (κ1) is 19.0. The van der Waals surface area contributed by atoms with E-state index in [-0.39, 0.29) is 5.91 Å². The lowest BCUT2D eigenvalue weighted by molar-refractivity contribution is -0.128. The van der Waals surface area contributed by atoms with Gasteiger partial charge in [0.15, 0.2) is 5.16 Å². The standard InChI is InChI=1S/C19H21ClN6OS/c1-13-10-14(2)26-18(21-13)22-23-19(26)28-12-17(27)25-8-6-24(7-9-25)16-5-3-4-15(20)11-16/h3-5,10-11H,6-9,12H2,1-2H3. The third kappa shape index (κ3) is 3.93. The molecule has 7 nitrogen and oxygen atoms in total. The van der Waals surface area contributed by atoms with Crippen molar-refractivity contribution in [1.82, 2.24) is 24.5 Å². The van der Waals surface area contributed by atoms with E-state index in [9.17, 15) is 4.79 Å². The van der Waals surface area contributed by atoms with E-state index in [1.165, 1.54) is 11.8 Å². The van der Waals surface area contributed by atoms with Gasteiger partial charge in [-0.25, -0.2) is 4.98 Å². The van der Waals surface area contributed by atoms with Gasteiger partial charge in [0, 0.05) is 48.3 Å². The normalized spacial score (nSPS) is 14.7. The van der Waals surface area contributed by atoms with Gasteiger partial charge in [0.2, 0.25) is 5.91 Å². The minimum Gasteiger partial charge on any atom is -0.368 e. The summed E-state index contributed by atoms with van der Waals surface area (Å²) in [6.45, 7) is 6.92. The Morgan fingerprint density at radius 2 is 1.93 bits per heavy atom. The molecule has 1 amide bonds. The molecule has 4 rings (SSSR count). The summed E-state index contributed by atoms with van der Waals surface area (Å²) in [5, 5.41) is 9.75. The number of thioether (sulfide) groups is 1. The van der Waals surface area contributed by atoms with Crippen LogP contribution in [0, 0.1) is 13.8 Å². The number of piperazine rings is 1. The molecular formula is C19H21ClN6OS. The molecule has 0 aliphatic carbocycles. The van der Waals surface area contributed by atoms with E-state index >= 15 is 0 Å². The molecule has 0 radical (unpaired) electrons. The molecule has 0 unspecified atom stereocenters.